The van der Waals surface area contributed by atoms with Crippen LogP contribution in [0.1, 0.15) is 16.9 Å². The van der Waals surface area contributed by atoms with E-state index >= 15 is 0 Å². The predicted molar refractivity (Wildman–Crippen MR) is 77.5 cm³/mol. The van der Waals surface area contributed by atoms with Crippen LogP contribution >= 0.6 is 0 Å². The molecule has 20 heavy (non-hydrogen) atoms. The Labute approximate surface area is 118 Å². The number of benzene rings is 1. The quantitative estimate of drug-likeness (QED) is 0.913. The molecular weight excluding hydrogens is 252 g/mol. The number of rotatable bonds is 3. The Morgan fingerprint density at radius 2 is 2.20 bits per heavy atom. The monoisotopic (exact) mass is 270 g/mol. The highest BCUT2D eigenvalue weighted by atomic mass is 16.2. The molecule has 1 atom stereocenters. The van der Waals surface area contributed by atoms with E-state index < -0.39 is 0 Å². The molecule has 0 aliphatic carbocycles. The Kier molecular flexibility index (Phi) is 3.60. The minimum Gasteiger partial charge on any atom is -0.337 e. The highest BCUT2D eigenvalue weighted by Crippen LogP contribution is 2.18. The second-order valence-corrected chi connectivity index (χ2v) is 5.21. The molecule has 0 radical (unpaired) electrons. The van der Waals surface area contributed by atoms with Crippen LogP contribution in [0.2, 0.25) is 0 Å². The number of carbonyl (C=O) groups excluding carboxylic acids is 1. The van der Waals surface area contributed by atoms with Crippen LogP contribution in [0, 0.1) is 5.92 Å². The van der Waals surface area contributed by atoms with Crippen molar-refractivity contribution in [1.29, 1.82) is 0 Å². The number of likely N-dealkylation sites (tertiary alicyclic amines) is 1. The average Bonchev–Trinajstić information content (AvgIpc) is 2.95. The molecule has 1 aromatic heterocycles. The number of hydrogen-bond acceptors (Lipinski definition) is 4. The highest BCUT2D eigenvalue weighted by molar-refractivity contribution is 5.93. The molecular formula is C15H18N4O. The number of aromatic nitrogens is 2. The summed E-state index contributed by atoms with van der Waals surface area (Å²) in [5.74, 6) is 0.527. The summed E-state index contributed by atoms with van der Waals surface area (Å²) >= 11 is 0. The number of nitrogens with one attached hydrogen (secondary N) is 1. The van der Waals surface area contributed by atoms with Gasteiger partial charge in [-0.3, -0.25) is 9.78 Å². The summed E-state index contributed by atoms with van der Waals surface area (Å²) in [5, 5.41) is 3.17. The molecule has 2 heterocycles. The van der Waals surface area contributed by atoms with Crippen molar-refractivity contribution >= 4 is 16.9 Å². The SMILES string of the molecule is CNCC1CCN(C(=O)c2cnc3ccccc3n2)C1. The number of amides is 1. The third kappa shape index (κ3) is 2.49. The Bertz CT molecular complexity index is 628. The smallest absolute Gasteiger partial charge is 0.274 e. The van der Waals surface area contributed by atoms with Crippen molar-refractivity contribution in [3.63, 3.8) is 0 Å². The van der Waals surface area contributed by atoms with Crippen LogP contribution in [0.5, 0.6) is 0 Å². The number of nitrogens with zero attached hydrogens (tertiary/aromatic N) is 3. The maximum atomic E-state index is 12.4. The van der Waals surface area contributed by atoms with Crippen LogP contribution < -0.4 is 5.32 Å². The van der Waals surface area contributed by atoms with Gasteiger partial charge >= 0.3 is 0 Å². The number of hydrogen-bond donors (Lipinski definition) is 1. The first-order valence-corrected chi connectivity index (χ1v) is 6.93. The maximum Gasteiger partial charge on any atom is 0.274 e. The van der Waals surface area contributed by atoms with Gasteiger partial charge in [0, 0.05) is 13.1 Å². The molecule has 5 heteroatoms. The molecule has 1 aliphatic rings. The van der Waals surface area contributed by atoms with E-state index in [1.165, 1.54) is 0 Å². The fraction of sp³-hybridized carbons (Fsp3) is 0.400. The first-order chi connectivity index (χ1) is 9.78. The second kappa shape index (κ2) is 5.54. The number of carbonyl (C=O) groups is 1. The molecule has 5 nitrogen and oxygen atoms in total. The van der Waals surface area contributed by atoms with E-state index in [0.717, 1.165) is 37.1 Å². The zero-order chi connectivity index (χ0) is 13.9. The topological polar surface area (TPSA) is 58.1 Å². The predicted octanol–water partition coefficient (Wildman–Crippen LogP) is 1.31. The zero-order valence-corrected chi connectivity index (χ0v) is 11.5. The normalized spacial score (nSPS) is 18.6. The molecule has 1 aromatic carbocycles. The van der Waals surface area contributed by atoms with Crippen LogP contribution in [0.25, 0.3) is 11.0 Å². The lowest BCUT2D eigenvalue weighted by Crippen LogP contribution is -2.31. The van der Waals surface area contributed by atoms with Crippen LogP contribution in [0.4, 0.5) is 0 Å². The Hall–Kier alpha value is -2.01. The van der Waals surface area contributed by atoms with Gasteiger partial charge in [0.25, 0.3) is 5.91 Å². The van der Waals surface area contributed by atoms with E-state index in [1.54, 1.807) is 6.20 Å². The van der Waals surface area contributed by atoms with Crippen molar-refractivity contribution in [2.75, 3.05) is 26.7 Å². The van der Waals surface area contributed by atoms with Gasteiger partial charge in [0.1, 0.15) is 5.69 Å². The van der Waals surface area contributed by atoms with Crippen molar-refractivity contribution in [1.82, 2.24) is 20.2 Å². The summed E-state index contributed by atoms with van der Waals surface area (Å²) in [6.07, 6.45) is 2.63. The van der Waals surface area contributed by atoms with E-state index in [0.29, 0.717) is 11.6 Å². The Morgan fingerprint density at radius 1 is 1.40 bits per heavy atom. The third-order valence-corrected chi connectivity index (χ3v) is 3.73. The van der Waals surface area contributed by atoms with Gasteiger partial charge in [0.05, 0.1) is 17.2 Å². The van der Waals surface area contributed by atoms with Gasteiger partial charge in [-0.2, -0.15) is 0 Å². The highest BCUT2D eigenvalue weighted by Gasteiger charge is 2.27. The van der Waals surface area contributed by atoms with E-state index in [2.05, 4.69) is 15.3 Å². The molecule has 1 saturated heterocycles. The Morgan fingerprint density at radius 3 is 3.00 bits per heavy atom. The van der Waals surface area contributed by atoms with Crippen molar-refractivity contribution in [3.05, 3.63) is 36.2 Å². The van der Waals surface area contributed by atoms with E-state index in [-0.39, 0.29) is 5.91 Å². The third-order valence-electron chi connectivity index (χ3n) is 3.73. The van der Waals surface area contributed by atoms with Crippen LogP contribution in [0.15, 0.2) is 30.5 Å². The lowest BCUT2D eigenvalue weighted by atomic mass is 10.1. The minimum atomic E-state index is -0.0122. The number of fused-ring (bicyclic) bond motifs is 1. The van der Waals surface area contributed by atoms with E-state index in [4.69, 9.17) is 0 Å². The van der Waals surface area contributed by atoms with Gasteiger partial charge in [0.2, 0.25) is 0 Å². The molecule has 0 bridgehead atoms. The summed E-state index contributed by atoms with van der Waals surface area (Å²) in [7, 11) is 1.94. The van der Waals surface area contributed by atoms with Crippen molar-refractivity contribution in [2.45, 2.75) is 6.42 Å². The molecule has 1 amide bonds. The molecule has 104 valence electrons. The number of para-hydroxylation sites is 2. The van der Waals surface area contributed by atoms with Gasteiger partial charge in [0.15, 0.2) is 0 Å². The summed E-state index contributed by atoms with van der Waals surface area (Å²) in [6, 6.07) is 7.60. The molecule has 0 spiro atoms. The van der Waals surface area contributed by atoms with Gasteiger partial charge in [-0.15, -0.1) is 0 Å². The summed E-state index contributed by atoms with van der Waals surface area (Å²) in [6.45, 7) is 2.56. The Balaban J connectivity index is 1.79. The molecule has 1 unspecified atom stereocenters. The van der Waals surface area contributed by atoms with Crippen molar-refractivity contribution < 1.29 is 4.79 Å². The van der Waals surface area contributed by atoms with Gasteiger partial charge in [-0.05, 0) is 38.1 Å². The molecule has 2 aromatic rings. The summed E-state index contributed by atoms with van der Waals surface area (Å²) < 4.78 is 0. The lowest BCUT2D eigenvalue weighted by molar-refractivity contribution is 0.0781. The molecule has 0 saturated carbocycles. The van der Waals surface area contributed by atoms with E-state index in [1.807, 2.05) is 36.2 Å². The lowest BCUT2D eigenvalue weighted by Gasteiger charge is -2.16. The summed E-state index contributed by atoms with van der Waals surface area (Å²) in [4.78, 5) is 23.0. The van der Waals surface area contributed by atoms with Crippen molar-refractivity contribution in [3.8, 4) is 0 Å². The molecule has 1 aliphatic heterocycles. The van der Waals surface area contributed by atoms with Gasteiger partial charge in [-0.25, -0.2) is 4.98 Å². The standard InChI is InChI=1S/C15H18N4O/c1-16-8-11-6-7-19(10-11)15(20)14-9-17-12-4-2-3-5-13(12)18-14/h2-5,9,11,16H,6-8,10H2,1H3. The molecule has 1 N–H and O–H groups in total. The molecule has 1 fully saturated rings. The van der Waals surface area contributed by atoms with E-state index in [9.17, 15) is 4.79 Å². The van der Waals surface area contributed by atoms with Crippen LogP contribution in [-0.4, -0.2) is 47.5 Å². The van der Waals surface area contributed by atoms with Gasteiger partial charge in [-0.1, -0.05) is 12.1 Å². The second-order valence-electron chi connectivity index (χ2n) is 5.21. The zero-order valence-electron chi connectivity index (χ0n) is 11.5. The average molecular weight is 270 g/mol. The molecule has 3 rings (SSSR count). The van der Waals surface area contributed by atoms with Crippen molar-refractivity contribution in [2.24, 2.45) is 5.92 Å². The summed E-state index contributed by atoms with van der Waals surface area (Å²) in [5.41, 5.74) is 2.02. The van der Waals surface area contributed by atoms with Crippen LogP contribution in [0.3, 0.4) is 0 Å². The first kappa shape index (κ1) is 13.0. The fourth-order valence-electron chi connectivity index (χ4n) is 2.69. The minimum absolute atomic E-state index is 0.0122. The van der Waals surface area contributed by atoms with Gasteiger partial charge < -0.3 is 10.2 Å². The largest absolute Gasteiger partial charge is 0.337 e. The fourth-order valence-corrected chi connectivity index (χ4v) is 2.69. The van der Waals surface area contributed by atoms with Crippen LogP contribution in [-0.2, 0) is 0 Å². The first-order valence-electron chi connectivity index (χ1n) is 6.93. The maximum absolute atomic E-state index is 12.4.